The Morgan fingerprint density at radius 2 is 2.40 bits per heavy atom. The predicted octanol–water partition coefficient (Wildman–Crippen LogP) is 1.36. The molecule has 0 aromatic carbocycles. The molecule has 0 aliphatic carbocycles. The van der Waals surface area contributed by atoms with Gasteiger partial charge in [0.25, 0.3) is 0 Å². The molecule has 0 atom stereocenters. The van der Waals surface area contributed by atoms with E-state index in [-0.39, 0.29) is 0 Å². The Morgan fingerprint density at radius 1 is 1.53 bits per heavy atom. The topological polar surface area (TPSA) is 52.8 Å². The van der Waals surface area contributed by atoms with Gasteiger partial charge in [-0.15, -0.1) is 21.5 Å². The van der Waals surface area contributed by atoms with Crippen LogP contribution in [-0.4, -0.2) is 33.5 Å². The summed E-state index contributed by atoms with van der Waals surface area (Å²) in [6.07, 6.45) is 1.70. The average Bonchev–Trinajstić information content (AvgIpc) is 2.82. The van der Waals surface area contributed by atoms with Crippen LogP contribution in [0, 0.1) is 6.92 Å². The number of hydrogen-bond acceptors (Lipinski definition) is 5. The first-order valence-corrected chi connectivity index (χ1v) is 5.48. The molecule has 0 spiro atoms. The van der Waals surface area contributed by atoms with Crippen LogP contribution in [0.4, 0.5) is 0 Å². The third-order valence-electron chi connectivity index (χ3n) is 2.00. The monoisotopic (exact) mass is 224 g/mol. The minimum Gasteiger partial charge on any atom is -0.383 e. The van der Waals surface area contributed by atoms with E-state index in [1.165, 1.54) is 0 Å². The van der Waals surface area contributed by atoms with E-state index >= 15 is 0 Å². The van der Waals surface area contributed by atoms with Crippen molar-refractivity contribution >= 4 is 11.3 Å². The fourth-order valence-electron chi connectivity index (χ4n) is 1.27. The van der Waals surface area contributed by atoms with E-state index < -0.39 is 0 Å². The maximum absolute atomic E-state index is 5.02. The number of ether oxygens (including phenoxy) is 1. The van der Waals surface area contributed by atoms with Crippen molar-refractivity contribution in [2.24, 2.45) is 0 Å². The second-order valence-electron chi connectivity index (χ2n) is 3.09. The van der Waals surface area contributed by atoms with Crippen molar-refractivity contribution in [1.82, 2.24) is 19.7 Å². The summed E-state index contributed by atoms with van der Waals surface area (Å²) < 4.78 is 6.96. The lowest BCUT2D eigenvalue weighted by Gasteiger charge is -2.02. The molecule has 0 N–H and O–H groups in total. The lowest BCUT2D eigenvalue weighted by molar-refractivity contribution is 0.187. The lowest BCUT2D eigenvalue weighted by Crippen LogP contribution is -2.05. The number of methoxy groups -OCH3 is 1. The first-order valence-electron chi connectivity index (χ1n) is 4.60. The molecule has 6 heteroatoms. The second-order valence-corrected chi connectivity index (χ2v) is 4.15. The van der Waals surface area contributed by atoms with Crippen LogP contribution in [0.25, 0.3) is 11.5 Å². The molecule has 15 heavy (non-hydrogen) atoms. The molecule has 0 aliphatic rings. The second kappa shape index (κ2) is 4.50. The van der Waals surface area contributed by atoms with Gasteiger partial charge in [0.2, 0.25) is 0 Å². The van der Waals surface area contributed by atoms with Gasteiger partial charge in [0.15, 0.2) is 5.82 Å². The molecule has 0 amide bonds. The molecular formula is C9H12N4OS. The average molecular weight is 224 g/mol. The molecule has 0 fully saturated rings. The van der Waals surface area contributed by atoms with Crippen molar-refractivity contribution in [3.8, 4) is 11.5 Å². The van der Waals surface area contributed by atoms with Gasteiger partial charge in [0.05, 0.1) is 11.6 Å². The van der Waals surface area contributed by atoms with Gasteiger partial charge in [-0.3, -0.25) is 0 Å². The standard InChI is InChI=1S/C9H12N4OS/c1-7-11-8(5-15-7)9-12-10-6-13(9)3-4-14-2/h5-6H,3-4H2,1-2H3. The van der Waals surface area contributed by atoms with Crippen LogP contribution in [0.1, 0.15) is 5.01 Å². The van der Waals surface area contributed by atoms with E-state index in [9.17, 15) is 0 Å². The van der Waals surface area contributed by atoms with E-state index in [0.29, 0.717) is 6.61 Å². The summed E-state index contributed by atoms with van der Waals surface area (Å²) in [7, 11) is 1.68. The summed E-state index contributed by atoms with van der Waals surface area (Å²) in [5.74, 6) is 0.802. The highest BCUT2D eigenvalue weighted by Crippen LogP contribution is 2.18. The van der Waals surface area contributed by atoms with E-state index in [1.807, 2.05) is 16.9 Å². The SMILES string of the molecule is COCCn1cnnc1-c1csc(C)n1. The minimum atomic E-state index is 0.647. The van der Waals surface area contributed by atoms with Crippen LogP contribution in [0.15, 0.2) is 11.7 Å². The molecule has 0 radical (unpaired) electrons. The third-order valence-corrected chi connectivity index (χ3v) is 2.77. The molecule has 0 unspecified atom stereocenters. The summed E-state index contributed by atoms with van der Waals surface area (Å²) >= 11 is 1.61. The Kier molecular flexibility index (Phi) is 3.08. The normalized spacial score (nSPS) is 10.8. The van der Waals surface area contributed by atoms with Gasteiger partial charge in [0, 0.05) is 19.0 Å². The molecule has 0 saturated carbocycles. The molecular weight excluding hydrogens is 212 g/mol. The zero-order valence-electron chi connectivity index (χ0n) is 8.67. The number of aromatic nitrogens is 4. The van der Waals surface area contributed by atoms with Crippen LogP contribution >= 0.6 is 11.3 Å². The third kappa shape index (κ3) is 2.21. The predicted molar refractivity (Wildman–Crippen MR) is 57.7 cm³/mol. The zero-order valence-corrected chi connectivity index (χ0v) is 9.49. The zero-order chi connectivity index (χ0) is 10.7. The van der Waals surface area contributed by atoms with E-state index in [1.54, 1.807) is 24.8 Å². The van der Waals surface area contributed by atoms with Gasteiger partial charge in [0.1, 0.15) is 12.0 Å². The number of aryl methyl sites for hydroxylation is 1. The molecule has 5 nitrogen and oxygen atoms in total. The van der Waals surface area contributed by atoms with Crippen molar-refractivity contribution in [2.75, 3.05) is 13.7 Å². The van der Waals surface area contributed by atoms with Gasteiger partial charge in [-0.25, -0.2) is 4.98 Å². The number of rotatable bonds is 4. The first kappa shape index (κ1) is 10.3. The van der Waals surface area contributed by atoms with Crippen molar-refractivity contribution < 1.29 is 4.74 Å². The fourth-order valence-corrected chi connectivity index (χ4v) is 1.86. The Morgan fingerprint density at radius 3 is 3.07 bits per heavy atom. The van der Waals surface area contributed by atoms with E-state index in [2.05, 4.69) is 15.2 Å². The van der Waals surface area contributed by atoms with Crippen molar-refractivity contribution in [2.45, 2.75) is 13.5 Å². The molecule has 0 saturated heterocycles. The smallest absolute Gasteiger partial charge is 0.183 e. The van der Waals surface area contributed by atoms with Gasteiger partial charge >= 0.3 is 0 Å². The Bertz CT molecular complexity index is 437. The summed E-state index contributed by atoms with van der Waals surface area (Å²) in [6, 6.07) is 0. The van der Waals surface area contributed by atoms with E-state index in [4.69, 9.17) is 4.74 Å². The summed E-state index contributed by atoms with van der Waals surface area (Å²) in [5, 5.41) is 11.0. The number of hydrogen-bond donors (Lipinski definition) is 0. The fraction of sp³-hybridized carbons (Fsp3) is 0.444. The summed E-state index contributed by atoms with van der Waals surface area (Å²) in [5.41, 5.74) is 0.881. The van der Waals surface area contributed by atoms with Gasteiger partial charge in [-0.2, -0.15) is 0 Å². The van der Waals surface area contributed by atoms with Crippen LogP contribution < -0.4 is 0 Å². The van der Waals surface area contributed by atoms with E-state index in [0.717, 1.165) is 23.1 Å². The molecule has 2 aromatic rings. The summed E-state index contributed by atoms with van der Waals surface area (Å²) in [4.78, 5) is 4.38. The largest absolute Gasteiger partial charge is 0.383 e. The highest BCUT2D eigenvalue weighted by atomic mass is 32.1. The highest BCUT2D eigenvalue weighted by Gasteiger charge is 2.09. The molecule has 2 rings (SSSR count). The van der Waals surface area contributed by atoms with Crippen LogP contribution in [-0.2, 0) is 11.3 Å². The number of thiazole rings is 1. The van der Waals surface area contributed by atoms with Gasteiger partial charge in [-0.1, -0.05) is 0 Å². The molecule has 2 heterocycles. The van der Waals surface area contributed by atoms with Crippen LogP contribution in [0.3, 0.4) is 0 Å². The Labute approximate surface area is 91.7 Å². The van der Waals surface area contributed by atoms with Gasteiger partial charge in [-0.05, 0) is 6.92 Å². The quantitative estimate of drug-likeness (QED) is 0.786. The maximum Gasteiger partial charge on any atom is 0.183 e. The molecule has 80 valence electrons. The van der Waals surface area contributed by atoms with Crippen LogP contribution in [0.5, 0.6) is 0 Å². The highest BCUT2D eigenvalue weighted by molar-refractivity contribution is 7.09. The molecule has 0 aliphatic heterocycles. The number of nitrogens with zero attached hydrogens (tertiary/aromatic N) is 4. The maximum atomic E-state index is 5.02. The van der Waals surface area contributed by atoms with Crippen molar-refractivity contribution in [3.05, 3.63) is 16.7 Å². The molecule has 0 bridgehead atoms. The summed E-state index contributed by atoms with van der Waals surface area (Å²) in [6.45, 7) is 3.37. The lowest BCUT2D eigenvalue weighted by atomic mass is 10.4. The first-order chi connectivity index (χ1) is 7.31. The van der Waals surface area contributed by atoms with Crippen LogP contribution in [0.2, 0.25) is 0 Å². The van der Waals surface area contributed by atoms with Gasteiger partial charge < -0.3 is 9.30 Å². The van der Waals surface area contributed by atoms with Crippen molar-refractivity contribution in [3.63, 3.8) is 0 Å². The van der Waals surface area contributed by atoms with Crippen molar-refractivity contribution in [1.29, 1.82) is 0 Å². The minimum absolute atomic E-state index is 0.647. The molecule has 2 aromatic heterocycles. The Balaban J connectivity index is 2.24. The Hall–Kier alpha value is -1.27.